The van der Waals surface area contributed by atoms with Crippen LogP contribution in [0.1, 0.15) is 43.0 Å². The monoisotopic (exact) mass is 288 g/mol. The highest BCUT2D eigenvalue weighted by atomic mass is 16.5. The van der Waals surface area contributed by atoms with Crippen molar-refractivity contribution in [3.63, 3.8) is 0 Å². The SMILES string of the molecule is CCCOc1cccc(C(=O)N2C3CCNCC2CC3)c1. The lowest BCUT2D eigenvalue weighted by Gasteiger charge is -2.28. The van der Waals surface area contributed by atoms with Gasteiger partial charge in [-0.1, -0.05) is 13.0 Å². The number of carbonyl (C=O) groups excluding carboxylic acids is 1. The fourth-order valence-corrected chi connectivity index (χ4v) is 3.40. The molecule has 2 heterocycles. The molecule has 2 aliphatic rings. The molecule has 2 bridgehead atoms. The first kappa shape index (κ1) is 14.4. The van der Waals surface area contributed by atoms with Crippen molar-refractivity contribution in [2.24, 2.45) is 0 Å². The van der Waals surface area contributed by atoms with Crippen LogP contribution in [0.25, 0.3) is 0 Å². The first-order valence-corrected chi connectivity index (χ1v) is 8.06. The summed E-state index contributed by atoms with van der Waals surface area (Å²) in [6.45, 7) is 4.71. The Kier molecular flexibility index (Phi) is 4.44. The maximum absolute atomic E-state index is 12.9. The Balaban J connectivity index is 1.78. The molecule has 4 heteroatoms. The van der Waals surface area contributed by atoms with E-state index >= 15 is 0 Å². The van der Waals surface area contributed by atoms with Crippen LogP contribution in [0.2, 0.25) is 0 Å². The van der Waals surface area contributed by atoms with Crippen LogP contribution < -0.4 is 10.1 Å². The Hall–Kier alpha value is -1.55. The van der Waals surface area contributed by atoms with E-state index in [-0.39, 0.29) is 5.91 Å². The van der Waals surface area contributed by atoms with Crippen molar-refractivity contribution in [2.75, 3.05) is 19.7 Å². The smallest absolute Gasteiger partial charge is 0.254 e. The summed E-state index contributed by atoms with van der Waals surface area (Å²) < 4.78 is 5.64. The topological polar surface area (TPSA) is 41.6 Å². The van der Waals surface area contributed by atoms with Crippen LogP contribution in [-0.2, 0) is 0 Å². The number of amides is 1. The Bertz CT molecular complexity index is 489. The second kappa shape index (κ2) is 6.48. The molecule has 1 aromatic carbocycles. The second-order valence-corrected chi connectivity index (χ2v) is 5.97. The van der Waals surface area contributed by atoms with Crippen LogP contribution in [0, 0.1) is 0 Å². The third-order valence-electron chi connectivity index (χ3n) is 4.44. The summed E-state index contributed by atoms with van der Waals surface area (Å²) in [6, 6.07) is 8.37. The van der Waals surface area contributed by atoms with Crippen molar-refractivity contribution in [1.82, 2.24) is 10.2 Å². The molecule has 2 saturated heterocycles. The highest BCUT2D eigenvalue weighted by Gasteiger charge is 2.38. The summed E-state index contributed by atoms with van der Waals surface area (Å²) in [7, 11) is 0. The van der Waals surface area contributed by atoms with E-state index in [0.29, 0.717) is 18.7 Å². The summed E-state index contributed by atoms with van der Waals surface area (Å²) in [4.78, 5) is 15.0. The van der Waals surface area contributed by atoms with Crippen LogP contribution in [0.4, 0.5) is 0 Å². The second-order valence-electron chi connectivity index (χ2n) is 5.97. The van der Waals surface area contributed by atoms with Crippen LogP contribution in [0.3, 0.4) is 0 Å². The van der Waals surface area contributed by atoms with Crippen LogP contribution in [-0.4, -0.2) is 42.6 Å². The minimum absolute atomic E-state index is 0.160. The molecule has 4 nitrogen and oxygen atoms in total. The van der Waals surface area contributed by atoms with Gasteiger partial charge in [0, 0.05) is 24.2 Å². The fourth-order valence-electron chi connectivity index (χ4n) is 3.40. The van der Waals surface area contributed by atoms with Crippen molar-refractivity contribution in [2.45, 2.75) is 44.7 Å². The van der Waals surface area contributed by atoms with Gasteiger partial charge in [-0.15, -0.1) is 0 Å². The van der Waals surface area contributed by atoms with Crippen LogP contribution in [0.5, 0.6) is 5.75 Å². The van der Waals surface area contributed by atoms with Gasteiger partial charge in [0.25, 0.3) is 5.91 Å². The Morgan fingerprint density at radius 1 is 1.33 bits per heavy atom. The van der Waals surface area contributed by atoms with E-state index in [4.69, 9.17) is 4.74 Å². The van der Waals surface area contributed by atoms with Gasteiger partial charge >= 0.3 is 0 Å². The molecule has 0 saturated carbocycles. The van der Waals surface area contributed by atoms with Crippen LogP contribution >= 0.6 is 0 Å². The van der Waals surface area contributed by atoms with E-state index in [0.717, 1.165) is 50.1 Å². The molecule has 2 unspecified atom stereocenters. The summed E-state index contributed by atoms with van der Waals surface area (Å²) in [6.07, 6.45) is 4.30. The Morgan fingerprint density at radius 3 is 3.05 bits per heavy atom. The largest absolute Gasteiger partial charge is 0.494 e. The number of hydrogen-bond acceptors (Lipinski definition) is 3. The number of nitrogens with one attached hydrogen (secondary N) is 1. The lowest BCUT2D eigenvalue weighted by atomic mass is 10.1. The van der Waals surface area contributed by atoms with E-state index in [1.807, 2.05) is 24.3 Å². The third kappa shape index (κ3) is 3.05. The van der Waals surface area contributed by atoms with Crippen molar-refractivity contribution in [3.8, 4) is 5.75 Å². The molecule has 0 aliphatic carbocycles. The van der Waals surface area contributed by atoms with Gasteiger partial charge in [0.05, 0.1) is 6.61 Å². The van der Waals surface area contributed by atoms with E-state index < -0.39 is 0 Å². The van der Waals surface area contributed by atoms with E-state index in [2.05, 4.69) is 17.1 Å². The predicted molar refractivity (Wildman–Crippen MR) is 82.7 cm³/mol. The molecular formula is C17H24N2O2. The molecule has 1 aromatic rings. The van der Waals surface area contributed by atoms with Gasteiger partial charge in [-0.25, -0.2) is 0 Å². The summed E-state index contributed by atoms with van der Waals surface area (Å²) >= 11 is 0. The minimum atomic E-state index is 0.160. The zero-order chi connectivity index (χ0) is 14.7. The number of carbonyl (C=O) groups is 1. The first-order valence-electron chi connectivity index (χ1n) is 8.06. The molecule has 2 atom stereocenters. The summed E-state index contributed by atoms with van der Waals surface area (Å²) in [5, 5.41) is 3.44. The average Bonchev–Trinajstić information content (AvgIpc) is 2.78. The molecule has 1 amide bonds. The van der Waals surface area contributed by atoms with Gasteiger partial charge in [-0.05, 0) is 50.4 Å². The fraction of sp³-hybridized carbons (Fsp3) is 0.588. The zero-order valence-electron chi connectivity index (χ0n) is 12.7. The number of benzene rings is 1. The lowest BCUT2D eigenvalue weighted by Crippen LogP contribution is -2.42. The number of hydrogen-bond donors (Lipinski definition) is 1. The maximum Gasteiger partial charge on any atom is 0.254 e. The van der Waals surface area contributed by atoms with E-state index in [1.54, 1.807) is 0 Å². The van der Waals surface area contributed by atoms with Gasteiger partial charge < -0.3 is 15.0 Å². The minimum Gasteiger partial charge on any atom is -0.494 e. The molecule has 0 radical (unpaired) electrons. The molecule has 3 rings (SSSR count). The molecule has 1 N–H and O–H groups in total. The average molecular weight is 288 g/mol. The summed E-state index contributed by atoms with van der Waals surface area (Å²) in [5.74, 6) is 0.955. The molecule has 114 valence electrons. The molecule has 0 aromatic heterocycles. The van der Waals surface area contributed by atoms with Crippen molar-refractivity contribution >= 4 is 5.91 Å². The normalized spacial score (nSPS) is 24.7. The highest BCUT2D eigenvalue weighted by molar-refractivity contribution is 5.95. The molecule has 0 spiro atoms. The van der Waals surface area contributed by atoms with Gasteiger partial charge in [-0.3, -0.25) is 4.79 Å². The quantitative estimate of drug-likeness (QED) is 0.925. The molecule has 2 aliphatic heterocycles. The zero-order valence-corrected chi connectivity index (χ0v) is 12.7. The third-order valence-corrected chi connectivity index (χ3v) is 4.44. The van der Waals surface area contributed by atoms with Gasteiger partial charge in [0.1, 0.15) is 5.75 Å². The maximum atomic E-state index is 12.9. The Morgan fingerprint density at radius 2 is 2.19 bits per heavy atom. The van der Waals surface area contributed by atoms with Crippen LogP contribution in [0.15, 0.2) is 24.3 Å². The number of nitrogens with zero attached hydrogens (tertiary/aromatic N) is 1. The van der Waals surface area contributed by atoms with Crippen molar-refractivity contribution in [3.05, 3.63) is 29.8 Å². The first-order chi connectivity index (χ1) is 10.3. The van der Waals surface area contributed by atoms with Crippen molar-refractivity contribution < 1.29 is 9.53 Å². The molecular weight excluding hydrogens is 264 g/mol. The highest BCUT2D eigenvalue weighted by Crippen LogP contribution is 2.30. The number of fused-ring (bicyclic) bond motifs is 2. The standard InChI is InChI=1S/C17H24N2O2/c1-2-10-21-16-5-3-4-13(11-16)17(20)19-14-6-7-15(19)12-18-9-8-14/h3-5,11,14-15,18H,2,6-10,12H2,1H3. The number of ether oxygens (including phenoxy) is 1. The molecule has 2 fully saturated rings. The van der Waals surface area contributed by atoms with Gasteiger partial charge in [-0.2, -0.15) is 0 Å². The summed E-state index contributed by atoms with van der Waals surface area (Å²) in [5.41, 5.74) is 0.752. The Labute approximate surface area is 126 Å². The van der Waals surface area contributed by atoms with Gasteiger partial charge in [0.15, 0.2) is 0 Å². The lowest BCUT2D eigenvalue weighted by molar-refractivity contribution is 0.0680. The predicted octanol–water partition coefficient (Wildman–Crippen LogP) is 2.44. The molecule has 21 heavy (non-hydrogen) atoms. The number of rotatable bonds is 4. The van der Waals surface area contributed by atoms with E-state index in [9.17, 15) is 4.79 Å². The van der Waals surface area contributed by atoms with Crippen molar-refractivity contribution in [1.29, 1.82) is 0 Å². The van der Waals surface area contributed by atoms with Gasteiger partial charge in [0.2, 0.25) is 0 Å². The van der Waals surface area contributed by atoms with E-state index in [1.165, 1.54) is 0 Å².